The number of nitrogens with one attached hydrogen (secondary N) is 1. The fraction of sp³-hybridized carbons (Fsp3) is 0.207. The van der Waals surface area contributed by atoms with Gasteiger partial charge in [-0.15, -0.1) is 0 Å². The minimum Gasteiger partial charge on any atom is -0.352 e. The van der Waals surface area contributed by atoms with Crippen LogP contribution in [-0.4, -0.2) is 20.6 Å². The van der Waals surface area contributed by atoms with E-state index in [0.29, 0.717) is 16.1 Å². The molecule has 0 saturated heterocycles. The van der Waals surface area contributed by atoms with Crippen molar-refractivity contribution in [2.24, 2.45) is 4.99 Å². The van der Waals surface area contributed by atoms with Gasteiger partial charge in [0.05, 0.1) is 61.4 Å². The molecule has 0 amide bonds. The summed E-state index contributed by atoms with van der Waals surface area (Å²) in [6.07, 6.45) is 9.56. The molecule has 0 radical (unpaired) electrons. The third kappa shape index (κ3) is 4.57. The number of anilines is 2. The zero-order valence-electron chi connectivity index (χ0n) is 19.7. The quantitative estimate of drug-likeness (QED) is 0.249. The Labute approximate surface area is 219 Å². The average Bonchev–Trinajstić information content (AvgIpc) is 2.91. The van der Waals surface area contributed by atoms with Crippen molar-refractivity contribution in [3.8, 4) is 17.1 Å². The first-order valence-electron chi connectivity index (χ1n) is 12.3. The highest BCUT2D eigenvalue weighted by molar-refractivity contribution is 6.42. The second kappa shape index (κ2) is 9.92. The number of fused-ring (bicyclic) bond motifs is 2. The molecule has 0 unspecified atom stereocenters. The van der Waals surface area contributed by atoms with Gasteiger partial charge < -0.3 is 9.88 Å². The molecule has 7 heteroatoms. The van der Waals surface area contributed by atoms with Gasteiger partial charge in [-0.2, -0.15) is 0 Å². The molecule has 2 aromatic carbocycles. The maximum Gasteiger partial charge on any atom is 0.0900 e. The molecule has 1 saturated carbocycles. The maximum absolute atomic E-state index is 6.45. The summed E-state index contributed by atoms with van der Waals surface area (Å²) < 4.78 is 2.19. The number of para-hydroxylation sites is 2. The number of halogens is 2. The van der Waals surface area contributed by atoms with E-state index < -0.39 is 0 Å². The number of aromatic nitrogens is 3. The second-order valence-electron chi connectivity index (χ2n) is 9.18. The Morgan fingerprint density at radius 3 is 2.56 bits per heavy atom. The Kier molecular flexibility index (Phi) is 6.34. The zero-order valence-corrected chi connectivity index (χ0v) is 21.2. The van der Waals surface area contributed by atoms with Gasteiger partial charge >= 0.3 is 0 Å². The van der Waals surface area contributed by atoms with Crippen molar-refractivity contribution in [3.63, 3.8) is 0 Å². The van der Waals surface area contributed by atoms with Gasteiger partial charge in [-0.05, 0) is 67.4 Å². The Morgan fingerprint density at radius 2 is 1.75 bits per heavy atom. The molecule has 1 aliphatic heterocycles. The highest BCUT2D eigenvalue weighted by Gasteiger charge is 2.18. The van der Waals surface area contributed by atoms with Crippen molar-refractivity contribution >= 4 is 45.6 Å². The molecule has 5 nitrogen and oxygen atoms in total. The van der Waals surface area contributed by atoms with Crippen molar-refractivity contribution in [3.05, 3.63) is 94.5 Å². The van der Waals surface area contributed by atoms with Gasteiger partial charge in [0.25, 0.3) is 0 Å². The molecule has 1 N–H and O–H groups in total. The first kappa shape index (κ1) is 23.0. The molecule has 0 spiro atoms. The summed E-state index contributed by atoms with van der Waals surface area (Å²) in [4.78, 5) is 14.5. The normalized spacial score (nSPS) is 15.0. The van der Waals surface area contributed by atoms with Gasteiger partial charge in [0.2, 0.25) is 0 Å². The molecular weight excluding hydrogens is 489 g/mol. The van der Waals surface area contributed by atoms with Crippen LogP contribution in [0.4, 0.5) is 11.4 Å². The van der Waals surface area contributed by atoms with Crippen molar-refractivity contribution in [2.45, 2.75) is 38.1 Å². The summed E-state index contributed by atoms with van der Waals surface area (Å²) in [7, 11) is 0. The summed E-state index contributed by atoms with van der Waals surface area (Å²) in [5.74, 6) is 0. The minimum absolute atomic E-state index is 0.317. The van der Waals surface area contributed by atoms with E-state index in [2.05, 4.69) is 33.1 Å². The largest absolute Gasteiger partial charge is 0.352 e. The van der Waals surface area contributed by atoms with Crippen LogP contribution in [0, 0.1) is 0 Å². The SMILES string of the molecule is Clc1ccc(-n2c3cc(=NC4CCCCC4)c(Nc4cccnc4)cc-3nc3ccccc32)cc1Cl. The number of hydrogen-bond donors (Lipinski definition) is 1. The van der Waals surface area contributed by atoms with Gasteiger partial charge in [-0.3, -0.25) is 9.98 Å². The summed E-state index contributed by atoms with van der Waals surface area (Å²) >= 11 is 12.7. The smallest absolute Gasteiger partial charge is 0.0900 e. The van der Waals surface area contributed by atoms with Crippen LogP contribution in [0.3, 0.4) is 0 Å². The Balaban J connectivity index is 1.63. The van der Waals surface area contributed by atoms with Crippen LogP contribution in [0.1, 0.15) is 32.1 Å². The molecule has 180 valence electrons. The molecule has 0 atom stereocenters. The van der Waals surface area contributed by atoms with Crippen LogP contribution >= 0.6 is 23.2 Å². The topological polar surface area (TPSA) is 55.1 Å². The molecule has 2 aliphatic carbocycles. The standard InChI is InChI=1S/C29H25Cl2N5/c30-22-13-12-21(15-23(22)31)36-28-11-5-4-10-24(28)35-27-16-25(34-20-9-6-14-32-18-20)26(17-29(27)36)33-19-7-2-1-3-8-19/h4-6,9-19,34H,1-3,7-8H2. The lowest BCUT2D eigenvalue weighted by atomic mass is 9.96. The van der Waals surface area contributed by atoms with Crippen LogP contribution in [0.2, 0.25) is 10.0 Å². The van der Waals surface area contributed by atoms with Crippen molar-refractivity contribution < 1.29 is 0 Å². The zero-order chi connectivity index (χ0) is 24.5. The number of nitrogens with zero attached hydrogens (tertiary/aromatic N) is 4. The lowest BCUT2D eigenvalue weighted by Gasteiger charge is -2.22. The van der Waals surface area contributed by atoms with Crippen LogP contribution in [0.15, 0.2) is 84.1 Å². The maximum atomic E-state index is 6.45. The predicted octanol–water partition coefficient (Wildman–Crippen LogP) is 7.81. The molecule has 0 bridgehead atoms. The number of benzene rings is 3. The lowest BCUT2D eigenvalue weighted by molar-refractivity contribution is 0.437. The Morgan fingerprint density at radius 1 is 0.889 bits per heavy atom. The first-order chi connectivity index (χ1) is 17.7. The highest BCUT2D eigenvalue weighted by Crippen LogP contribution is 2.33. The molecule has 3 aromatic rings. The average molecular weight is 514 g/mol. The number of rotatable bonds is 4. The van der Waals surface area contributed by atoms with E-state index in [1.165, 1.54) is 19.3 Å². The van der Waals surface area contributed by atoms with Crippen molar-refractivity contribution in [2.75, 3.05) is 5.32 Å². The summed E-state index contributed by atoms with van der Waals surface area (Å²) in [5, 5.41) is 5.49. The van der Waals surface area contributed by atoms with Gasteiger partial charge in [-0.25, -0.2) is 4.98 Å². The Hall–Kier alpha value is -3.41. The number of hydrogen-bond acceptors (Lipinski definition) is 4. The van der Waals surface area contributed by atoms with Crippen molar-refractivity contribution in [1.29, 1.82) is 0 Å². The van der Waals surface area contributed by atoms with E-state index in [1.807, 2.05) is 54.7 Å². The third-order valence-electron chi connectivity index (χ3n) is 6.70. The minimum atomic E-state index is 0.317. The van der Waals surface area contributed by atoms with E-state index in [0.717, 1.165) is 57.7 Å². The van der Waals surface area contributed by atoms with Crippen LogP contribution in [0.5, 0.6) is 0 Å². The summed E-state index contributed by atoms with van der Waals surface area (Å²) in [5.41, 5.74) is 6.44. The highest BCUT2D eigenvalue weighted by atomic mass is 35.5. The van der Waals surface area contributed by atoms with E-state index in [1.54, 1.807) is 6.20 Å². The summed E-state index contributed by atoms with van der Waals surface area (Å²) in [6, 6.07) is 22.3. The second-order valence-corrected chi connectivity index (χ2v) is 9.99. The lowest BCUT2D eigenvalue weighted by Crippen LogP contribution is -2.19. The van der Waals surface area contributed by atoms with E-state index in [-0.39, 0.29) is 0 Å². The monoisotopic (exact) mass is 513 g/mol. The van der Waals surface area contributed by atoms with Crippen LogP contribution in [0.25, 0.3) is 28.1 Å². The fourth-order valence-electron chi connectivity index (χ4n) is 4.95. The molecule has 1 aromatic heterocycles. The third-order valence-corrected chi connectivity index (χ3v) is 7.43. The molecule has 3 aliphatic rings. The molecule has 36 heavy (non-hydrogen) atoms. The molecular formula is C29H25Cl2N5. The van der Waals surface area contributed by atoms with Crippen molar-refractivity contribution in [1.82, 2.24) is 14.5 Å². The van der Waals surface area contributed by atoms with Gasteiger partial charge in [0.15, 0.2) is 0 Å². The van der Waals surface area contributed by atoms with Crippen LogP contribution in [-0.2, 0) is 0 Å². The molecule has 1 fully saturated rings. The molecule has 6 rings (SSSR count). The fourth-order valence-corrected chi connectivity index (χ4v) is 5.24. The molecule has 2 heterocycles. The van der Waals surface area contributed by atoms with E-state index >= 15 is 0 Å². The predicted molar refractivity (Wildman–Crippen MR) is 148 cm³/mol. The first-order valence-corrected chi connectivity index (χ1v) is 13.0. The van der Waals surface area contributed by atoms with Gasteiger partial charge in [0, 0.05) is 11.9 Å². The van der Waals surface area contributed by atoms with Gasteiger partial charge in [-0.1, -0.05) is 54.6 Å². The van der Waals surface area contributed by atoms with E-state index in [9.17, 15) is 0 Å². The van der Waals surface area contributed by atoms with E-state index in [4.69, 9.17) is 33.2 Å². The van der Waals surface area contributed by atoms with Crippen LogP contribution < -0.4 is 10.7 Å². The Bertz CT molecular complexity index is 1570. The number of pyridine rings is 1. The van der Waals surface area contributed by atoms with Gasteiger partial charge in [0.1, 0.15) is 0 Å². The summed E-state index contributed by atoms with van der Waals surface area (Å²) in [6.45, 7) is 0.